The Balaban J connectivity index is 2.02. The number of benzene rings is 1. The number of rotatable bonds is 2. The summed E-state index contributed by atoms with van der Waals surface area (Å²) < 4.78 is 0. The maximum absolute atomic E-state index is 10.9. The third-order valence-electron chi connectivity index (χ3n) is 4.47. The van der Waals surface area contributed by atoms with Gasteiger partial charge in [0.15, 0.2) is 0 Å². The van der Waals surface area contributed by atoms with E-state index in [9.17, 15) is 4.79 Å². The van der Waals surface area contributed by atoms with Crippen LogP contribution in [0.15, 0.2) is 18.2 Å². The van der Waals surface area contributed by atoms with Crippen LogP contribution in [-0.2, 0) is 10.2 Å². The lowest BCUT2D eigenvalue weighted by Crippen LogP contribution is -2.21. The number of carboxylic acids is 1. The molecule has 2 heteroatoms. The van der Waals surface area contributed by atoms with Crippen molar-refractivity contribution in [2.45, 2.75) is 50.4 Å². The predicted molar refractivity (Wildman–Crippen MR) is 66.3 cm³/mol. The minimum Gasteiger partial charge on any atom is -0.481 e. The molecule has 0 saturated heterocycles. The highest BCUT2D eigenvalue weighted by Crippen LogP contribution is 2.58. The van der Waals surface area contributed by atoms with Crippen molar-refractivity contribution >= 4 is 5.97 Å². The first-order valence-electron chi connectivity index (χ1n) is 6.44. The fraction of sp³-hybridized carbons (Fsp3) is 0.533. The number of aryl methyl sites for hydroxylation is 1. The number of carboxylic acid groups (broad SMARTS) is 1. The van der Waals surface area contributed by atoms with Crippen LogP contribution >= 0.6 is 0 Å². The van der Waals surface area contributed by atoms with Gasteiger partial charge in [-0.1, -0.05) is 23.8 Å². The Kier molecular flexibility index (Phi) is 2.29. The van der Waals surface area contributed by atoms with Gasteiger partial charge in [0.1, 0.15) is 0 Å². The van der Waals surface area contributed by atoms with Crippen LogP contribution in [-0.4, -0.2) is 11.1 Å². The van der Waals surface area contributed by atoms with Crippen molar-refractivity contribution in [1.82, 2.24) is 0 Å². The molecule has 1 atom stereocenters. The summed E-state index contributed by atoms with van der Waals surface area (Å²) in [5.41, 5.74) is 4.49. The van der Waals surface area contributed by atoms with Crippen molar-refractivity contribution < 1.29 is 9.90 Å². The van der Waals surface area contributed by atoms with Gasteiger partial charge >= 0.3 is 5.97 Å². The smallest absolute Gasteiger partial charge is 0.303 e. The molecular formula is C15H18O2. The van der Waals surface area contributed by atoms with Gasteiger partial charge in [0.25, 0.3) is 0 Å². The van der Waals surface area contributed by atoms with Crippen molar-refractivity contribution in [3.63, 3.8) is 0 Å². The molecule has 1 saturated carbocycles. The van der Waals surface area contributed by atoms with Crippen molar-refractivity contribution in [2.75, 3.05) is 0 Å². The molecule has 0 bridgehead atoms. The Hall–Kier alpha value is -1.31. The maximum atomic E-state index is 10.9. The second kappa shape index (κ2) is 3.59. The van der Waals surface area contributed by atoms with Gasteiger partial charge in [-0.3, -0.25) is 4.79 Å². The molecule has 2 aliphatic rings. The summed E-state index contributed by atoms with van der Waals surface area (Å²) in [6, 6.07) is 6.57. The lowest BCUT2D eigenvalue weighted by molar-refractivity contribution is -0.137. The average Bonchev–Trinajstić information content (AvgIpc) is 3.03. The monoisotopic (exact) mass is 230 g/mol. The van der Waals surface area contributed by atoms with Crippen LogP contribution in [0.1, 0.15) is 54.7 Å². The number of hydrogen-bond donors (Lipinski definition) is 1. The molecule has 0 amide bonds. The first-order chi connectivity index (χ1) is 8.11. The van der Waals surface area contributed by atoms with Crippen LogP contribution in [0.3, 0.4) is 0 Å². The molecular weight excluding hydrogens is 212 g/mol. The topological polar surface area (TPSA) is 37.3 Å². The second-order valence-corrected chi connectivity index (χ2v) is 5.70. The van der Waals surface area contributed by atoms with Gasteiger partial charge in [0.05, 0.1) is 6.42 Å². The molecule has 2 aliphatic carbocycles. The summed E-state index contributed by atoms with van der Waals surface area (Å²) in [4.78, 5) is 10.9. The van der Waals surface area contributed by atoms with E-state index in [0.717, 1.165) is 6.42 Å². The number of hydrogen-bond acceptors (Lipinski definition) is 1. The molecule has 1 N–H and O–H groups in total. The van der Waals surface area contributed by atoms with Gasteiger partial charge in [-0.15, -0.1) is 0 Å². The van der Waals surface area contributed by atoms with Crippen molar-refractivity contribution in [1.29, 1.82) is 0 Å². The number of aliphatic carboxylic acids is 1. The molecule has 1 aromatic carbocycles. The van der Waals surface area contributed by atoms with E-state index in [4.69, 9.17) is 5.11 Å². The molecule has 0 aliphatic heterocycles. The van der Waals surface area contributed by atoms with E-state index >= 15 is 0 Å². The summed E-state index contributed by atoms with van der Waals surface area (Å²) in [5.74, 6) is -0.442. The molecule has 0 radical (unpaired) electrons. The van der Waals surface area contributed by atoms with Crippen LogP contribution in [0, 0.1) is 6.92 Å². The Morgan fingerprint density at radius 3 is 2.82 bits per heavy atom. The molecule has 90 valence electrons. The summed E-state index contributed by atoms with van der Waals surface area (Å²) in [6.07, 6.45) is 5.10. The van der Waals surface area contributed by atoms with Crippen LogP contribution in [0.25, 0.3) is 0 Å². The van der Waals surface area contributed by atoms with E-state index in [1.807, 2.05) is 0 Å². The Bertz CT molecular complexity index is 472. The first-order valence-corrected chi connectivity index (χ1v) is 6.44. The first kappa shape index (κ1) is 10.8. The van der Waals surface area contributed by atoms with E-state index in [0.29, 0.717) is 5.41 Å². The highest BCUT2D eigenvalue weighted by molar-refractivity contribution is 5.68. The van der Waals surface area contributed by atoms with E-state index in [2.05, 4.69) is 25.1 Å². The van der Waals surface area contributed by atoms with Crippen molar-refractivity contribution in [3.8, 4) is 0 Å². The summed E-state index contributed by atoms with van der Waals surface area (Å²) in [7, 11) is 0. The largest absolute Gasteiger partial charge is 0.481 e. The molecule has 1 fully saturated rings. The third-order valence-corrected chi connectivity index (χ3v) is 4.47. The summed E-state index contributed by atoms with van der Waals surface area (Å²) in [5, 5.41) is 8.99. The van der Waals surface area contributed by atoms with Crippen molar-refractivity contribution in [2.24, 2.45) is 0 Å². The summed E-state index contributed by atoms with van der Waals surface area (Å²) in [6.45, 7) is 2.12. The predicted octanol–water partition coefficient (Wildman–Crippen LogP) is 3.38. The molecule has 1 spiro atoms. The van der Waals surface area contributed by atoms with Gasteiger partial charge in [-0.25, -0.2) is 0 Å². The zero-order valence-corrected chi connectivity index (χ0v) is 10.2. The standard InChI is InChI=1S/C15H18O2/c1-10-2-3-12-11(9-14(16)17)4-5-15(6-7-15)13(12)8-10/h2-3,8,11H,4-7,9H2,1H3,(H,16,17). The molecule has 17 heavy (non-hydrogen) atoms. The normalized spacial score (nSPS) is 24.4. The van der Waals surface area contributed by atoms with E-state index in [-0.39, 0.29) is 12.3 Å². The zero-order valence-electron chi connectivity index (χ0n) is 10.2. The molecule has 0 aromatic heterocycles. The van der Waals surface area contributed by atoms with Crippen LogP contribution in [0.4, 0.5) is 0 Å². The maximum Gasteiger partial charge on any atom is 0.303 e. The molecule has 1 aromatic rings. The fourth-order valence-electron chi connectivity index (χ4n) is 3.32. The molecule has 1 unspecified atom stereocenters. The van der Waals surface area contributed by atoms with Gasteiger partial charge < -0.3 is 5.11 Å². The van der Waals surface area contributed by atoms with Crippen molar-refractivity contribution in [3.05, 3.63) is 34.9 Å². The molecule has 2 nitrogen and oxygen atoms in total. The highest BCUT2D eigenvalue weighted by Gasteiger charge is 2.48. The average molecular weight is 230 g/mol. The van der Waals surface area contributed by atoms with Gasteiger partial charge in [-0.2, -0.15) is 0 Å². The minimum atomic E-state index is -0.673. The number of carbonyl (C=O) groups is 1. The Labute approximate surface area is 102 Å². The lowest BCUT2D eigenvalue weighted by Gasteiger charge is -2.31. The third kappa shape index (κ3) is 1.76. The Morgan fingerprint density at radius 1 is 1.41 bits per heavy atom. The van der Waals surface area contributed by atoms with Crippen LogP contribution < -0.4 is 0 Å². The van der Waals surface area contributed by atoms with E-state index in [1.54, 1.807) is 0 Å². The fourth-order valence-corrected chi connectivity index (χ4v) is 3.32. The van der Waals surface area contributed by atoms with Gasteiger partial charge in [-0.05, 0) is 55.1 Å². The SMILES string of the molecule is Cc1ccc2c(c1)C1(CCC2CC(=O)O)CC1. The van der Waals surface area contributed by atoms with E-state index in [1.165, 1.54) is 36.0 Å². The molecule has 3 rings (SSSR count). The second-order valence-electron chi connectivity index (χ2n) is 5.70. The van der Waals surface area contributed by atoms with Crippen LogP contribution in [0.5, 0.6) is 0 Å². The minimum absolute atomic E-state index is 0.231. The zero-order chi connectivity index (χ0) is 12.0. The van der Waals surface area contributed by atoms with Gasteiger partial charge in [0, 0.05) is 0 Å². The van der Waals surface area contributed by atoms with E-state index < -0.39 is 5.97 Å². The quantitative estimate of drug-likeness (QED) is 0.845. The van der Waals surface area contributed by atoms with Gasteiger partial charge in [0.2, 0.25) is 0 Å². The molecule has 0 heterocycles. The highest BCUT2D eigenvalue weighted by atomic mass is 16.4. The summed E-state index contributed by atoms with van der Waals surface area (Å²) >= 11 is 0. The van der Waals surface area contributed by atoms with Crippen LogP contribution in [0.2, 0.25) is 0 Å². The number of fused-ring (bicyclic) bond motifs is 2. The lowest BCUT2D eigenvalue weighted by atomic mass is 9.73. The Morgan fingerprint density at radius 2 is 2.18 bits per heavy atom.